The number of carboxylic acids is 1. The number of aliphatic carboxylic acids is 1. The van der Waals surface area contributed by atoms with Crippen molar-refractivity contribution in [3.63, 3.8) is 0 Å². The summed E-state index contributed by atoms with van der Waals surface area (Å²) in [6, 6.07) is 3.31. The first kappa shape index (κ1) is 15.4. The number of carboxylic acid groups (broad SMARTS) is 1. The lowest BCUT2D eigenvalue weighted by atomic mass is 10.2. The van der Waals surface area contributed by atoms with Gasteiger partial charge in [-0.1, -0.05) is 0 Å². The lowest BCUT2D eigenvalue weighted by Gasteiger charge is -2.19. The molecule has 8 heteroatoms. The van der Waals surface area contributed by atoms with Crippen molar-refractivity contribution in [2.24, 2.45) is 0 Å². The average Bonchev–Trinajstić information content (AvgIpc) is 2.95. The second-order valence-electron chi connectivity index (χ2n) is 5.06. The molecule has 1 aromatic rings. The zero-order valence-corrected chi connectivity index (χ0v) is 13.1. The molecule has 1 unspecified atom stereocenters. The molecule has 0 aromatic carbocycles. The molecule has 0 saturated carbocycles. The van der Waals surface area contributed by atoms with Crippen molar-refractivity contribution < 1.29 is 18.3 Å². The Morgan fingerprint density at radius 3 is 2.75 bits per heavy atom. The summed E-state index contributed by atoms with van der Waals surface area (Å²) in [6.45, 7) is 0.999. The summed E-state index contributed by atoms with van der Waals surface area (Å²) in [4.78, 5) is 13.2. The molecule has 1 saturated heterocycles. The van der Waals surface area contributed by atoms with Crippen LogP contribution in [0.25, 0.3) is 0 Å². The molecule has 1 atom stereocenters. The number of rotatable bonds is 5. The van der Waals surface area contributed by atoms with E-state index in [0.29, 0.717) is 18.0 Å². The van der Waals surface area contributed by atoms with Crippen LogP contribution in [0.4, 0.5) is 0 Å². The summed E-state index contributed by atoms with van der Waals surface area (Å²) in [5.41, 5.74) is 0. The first-order valence-electron chi connectivity index (χ1n) is 6.28. The van der Waals surface area contributed by atoms with Crippen LogP contribution in [0.2, 0.25) is 0 Å². The summed E-state index contributed by atoms with van der Waals surface area (Å²) < 4.78 is 26.7. The third-order valence-corrected chi connectivity index (χ3v) is 6.83. The van der Waals surface area contributed by atoms with Crippen LogP contribution < -0.4 is 0 Å². The molecule has 0 amide bonds. The third-order valence-electron chi connectivity index (χ3n) is 3.41. The van der Waals surface area contributed by atoms with Crippen LogP contribution in [0.1, 0.15) is 11.3 Å². The van der Waals surface area contributed by atoms with Crippen molar-refractivity contribution >= 4 is 27.3 Å². The standard InChI is InChI=1S/C12H18N2O4S2/c1-13(2)9-5-6-14(8-9)20(17,18)12-4-3-10(19-12)7-11(15)16/h3-4,9H,5-8H2,1-2H3,(H,15,16). The van der Waals surface area contributed by atoms with Crippen LogP contribution >= 0.6 is 11.3 Å². The zero-order chi connectivity index (χ0) is 14.9. The van der Waals surface area contributed by atoms with Gasteiger partial charge in [0.25, 0.3) is 10.0 Å². The minimum absolute atomic E-state index is 0.138. The SMILES string of the molecule is CN(C)C1CCN(S(=O)(=O)c2ccc(CC(=O)O)s2)C1. The van der Waals surface area contributed by atoms with E-state index in [0.717, 1.165) is 17.8 Å². The van der Waals surface area contributed by atoms with E-state index >= 15 is 0 Å². The average molecular weight is 318 g/mol. The van der Waals surface area contributed by atoms with Gasteiger partial charge in [-0.3, -0.25) is 4.79 Å². The molecule has 6 nitrogen and oxygen atoms in total. The third kappa shape index (κ3) is 3.20. The lowest BCUT2D eigenvalue weighted by Crippen LogP contribution is -2.34. The Morgan fingerprint density at radius 1 is 1.50 bits per heavy atom. The van der Waals surface area contributed by atoms with Crippen molar-refractivity contribution in [3.8, 4) is 0 Å². The highest BCUT2D eigenvalue weighted by Gasteiger charge is 2.34. The van der Waals surface area contributed by atoms with E-state index in [1.165, 1.54) is 10.4 Å². The molecule has 112 valence electrons. The smallest absolute Gasteiger partial charge is 0.308 e. The van der Waals surface area contributed by atoms with Gasteiger partial charge in [-0.15, -0.1) is 11.3 Å². The number of hydrogen-bond acceptors (Lipinski definition) is 5. The first-order valence-corrected chi connectivity index (χ1v) is 8.53. The van der Waals surface area contributed by atoms with Gasteiger partial charge in [0, 0.05) is 24.0 Å². The summed E-state index contributed by atoms with van der Waals surface area (Å²) in [5.74, 6) is -0.954. The van der Waals surface area contributed by atoms with E-state index in [-0.39, 0.29) is 16.7 Å². The maximum absolute atomic E-state index is 12.5. The number of sulfonamides is 1. The number of thiophene rings is 1. The topological polar surface area (TPSA) is 77.9 Å². The molecule has 0 aliphatic carbocycles. The minimum Gasteiger partial charge on any atom is -0.481 e. The van der Waals surface area contributed by atoms with E-state index in [1.807, 2.05) is 19.0 Å². The molecular weight excluding hydrogens is 300 g/mol. The van der Waals surface area contributed by atoms with E-state index in [2.05, 4.69) is 0 Å². The minimum atomic E-state index is -3.49. The molecule has 0 spiro atoms. The molecule has 0 bridgehead atoms. The second kappa shape index (κ2) is 5.80. The van der Waals surface area contributed by atoms with Gasteiger partial charge in [0.2, 0.25) is 0 Å². The highest BCUT2D eigenvalue weighted by Crippen LogP contribution is 2.28. The van der Waals surface area contributed by atoms with Gasteiger partial charge < -0.3 is 10.0 Å². The van der Waals surface area contributed by atoms with Crippen molar-refractivity contribution in [1.82, 2.24) is 9.21 Å². The quantitative estimate of drug-likeness (QED) is 0.865. The zero-order valence-electron chi connectivity index (χ0n) is 11.4. The van der Waals surface area contributed by atoms with Gasteiger partial charge in [0.05, 0.1) is 6.42 Å². The molecule has 1 aliphatic rings. The molecule has 20 heavy (non-hydrogen) atoms. The van der Waals surface area contributed by atoms with Crippen molar-refractivity contribution in [3.05, 3.63) is 17.0 Å². The number of hydrogen-bond donors (Lipinski definition) is 1. The normalized spacial score (nSPS) is 20.6. The summed E-state index contributed by atoms with van der Waals surface area (Å²) in [6.07, 6.45) is 0.681. The monoisotopic (exact) mass is 318 g/mol. The molecule has 2 rings (SSSR count). The Morgan fingerprint density at radius 2 is 2.20 bits per heavy atom. The van der Waals surface area contributed by atoms with Crippen LogP contribution in [0, 0.1) is 0 Å². The molecule has 2 heterocycles. The maximum Gasteiger partial charge on any atom is 0.308 e. The number of carbonyl (C=O) groups is 1. The van der Waals surface area contributed by atoms with Crippen LogP contribution in [-0.4, -0.2) is 61.9 Å². The van der Waals surface area contributed by atoms with Crippen LogP contribution in [0.5, 0.6) is 0 Å². The van der Waals surface area contributed by atoms with E-state index in [1.54, 1.807) is 6.07 Å². The molecule has 1 aliphatic heterocycles. The predicted molar refractivity (Wildman–Crippen MR) is 76.5 cm³/mol. The number of nitrogens with zero attached hydrogens (tertiary/aromatic N) is 2. The molecular formula is C12H18N2O4S2. The Hall–Kier alpha value is -0.960. The Balaban J connectivity index is 2.15. The Labute approximate surface area is 122 Å². The molecule has 1 fully saturated rings. The fraction of sp³-hybridized carbons (Fsp3) is 0.583. The van der Waals surface area contributed by atoms with Gasteiger partial charge in [-0.05, 0) is 32.6 Å². The van der Waals surface area contributed by atoms with Crippen molar-refractivity contribution in [2.45, 2.75) is 23.1 Å². The highest BCUT2D eigenvalue weighted by atomic mass is 32.2. The summed E-state index contributed by atoms with van der Waals surface area (Å²) in [5, 5.41) is 8.73. The lowest BCUT2D eigenvalue weighted by molar-refractivity contribution is -0.136. The molecule has 1 aromatic heterocycles. The fourth-order valence-electron chi connectivity index (χ4n) is 2.22. The van der Waals surface area contributed by atoms with E-state index in [4.69, 9.17) is 5.11 Å². The van der Waals surface area contributed by atoms with E-state index < -0.39 is 16.0 Å². The number of likely N-dealkylation sites (N-methyl/N-ethyl adjacent to an activating group) is 1. The van der Waals surface area contributed by atoms with Crippen molar-refractivity contribution in [2.75, 3.05) is 27.2 Å². The predicted octanol–water partition coefficient (Wildman–Crippen LogP) is 0.700. The van der Waals surface area contributed by atoms with Crippen molar-refractivity contribution in [1.29, 1.82) is 0 Å². The van der Waals surface area contributed by atoms with Gasteiger partial charge in [0.1, 0.15) is 4.21 Å². The van der Waals surface area contributed by atoms with Gasteiger partial charge in [-0.25, -0.2) is 8.42 Å². The Bertz CT molecular complexity index is 594. The van der Waals surface area contributed by atoms with Crippen LogP contribution in [0.15, 0.2) is 16.3 Å². The van der Waals surface area contributed by atoms with Gasteiger partial charge >= 0.3 is 5.97 Å². The maximum atomic E-state index is 12.5. The van der Waals surface area contributed by atoms with Crippen LogP contribution in [-0.2, 0) is 21.2 Å². The Kier molecular flexibility index (Phi) is 4.48. The summed E-state index contributed by atoms with van der Waals surface area (Å²) >= 11 is 1.04. The van der Waals surface area contributed by atoms with Gasteiger partial charge in [-0.2, -0.15) is 4.31 Å². The van der Waals surface area contributed by atoms with E-state index in [9.17, 15) is 13.2 Å². The second-order valence-corrected chi connectivity index (χ2v) is 8.39. The van der Waals surface area contributed by atoms with Crippen LogP contribution in [0.3, 0.4) is 0 Å². The first-order chi connectivity index (χ1) is 9.30. The largest absolute Gasteiger partial charge is 0.481 e. The molecule has 1 N–H and O–H groups in total. The molecule has 0 radical (unpaired) electrons. The summed E-state index contributed by atoms with van der Waals surface area (Å²) in [7, 11) is 0.395. The highest BCUT2D eigenvalue weighted by molar-refractivity contribution is 7.91. The fourth-order valence-corrected chi connectivity index (χ4v) is 5.21. The van der Waals surface area contributed by atoms with Gasteiger partial charge in [0.15, 0.2) is 0 Å².